The third-order valence-electron chi connectivity index (χ3n) is 3.46. The molecule has 1 aromatic rings. The minimum Gasteiger partial charge on any atom is -0.346 e. The molecule has 0 radical (unpaired) electrons. The molecule has 0 bridgehead atoms. The molecular weight excluding hydrogens is 246 g/mol. The molecule has 3 nitrogen and oxygen atoms in total. The topological polar surface area (TPSA) is 51.9 Å². The van der Waals surface area contributed by atoms with E-state index >= 15 is 0 Å². The Morgan fingerprint density at radius 2 is 1.83 bits per heavy atom. The zero-order chi connectivity index (χ0) is 13.4. The summed E-state index contributed by atoms with van der Waals surface area (Å²) in [7, 11) is 0. The summed E-state index contributed by atoms with van der Waals surface area (Å²) < 4.78 is 0. The standard InChI is InChI=1S/C14H14ClN3/c1-7-8(2)13(6-16)17-11(7)5-12-9(3)10(4)14(15)18-12/h5,18H,1-4H3/b11-5-. The lowest BCUT2D eigenvalue weighted by Crippen LogP contribution is -1.90. The monoisotopic (exact) mass is 259 g/mol. The van der Waals surface area contributed by atoms with Gasteiger partial charge >= 0.3 is 0 Å². The van der Waals surface area contributed by atoms with E-state index < -0.39 is 0 Å². The fraction of sp³-hybridized carbons (Fsp3) is 0.286. The summed E-state index contributed by atoms with van der Waals surface area (Å²) in [5.41, 5.74) is 6.39. The van der Waals surface area contributed by atoms with Gasteiger partial charge in [0.1, 0.15) is 16.9 Å². The van der Waals surface area contributed by atoms with Crippen molar-refractivity contribution in [2.24, 2.45) is 4.99 Å². The SMILES string of the molecule is CC1=C(C)/C(=C/c2[nH]c(Cl)c(C)c2C)N=C1C#N. The van der Waals surface area contributed by atoms with Crippen LogP contribution in [0.1, 0.15) is 30.7 Å². The highest BCUT2D eigenvalue weighted by Gasteiger charge is 2.17. The second-order valence-corrected chi connectivity index (χ2v) is 4.83. The highest BCUT2D eigenvalue weighted by Crippen LogP contribution is 2.29. The van der Waals surface area contributed by atoms with Crippen molar-refractivity contribution < 1.29 is 0 Å². The third-order valence-corrected chi connectivity index (χ3v) is 3.84. The van der Waals surface area contributed by atoms with Gasteiger partial charge < -0.3 is 4.98 Å². The Morgan fingerprint density at radius 1 is 1.17 bits per heavy atom. The molecule has 2 rings (SSSR count). The van der Waals surface area contributed by atoms with Gasteiger partial charge in [0, 0.05) is 5.69 Å². The molecule has 0 amide bonds. The van der Waals surface area contributed by atoms with E-state index in [2.05, 4.69) is 16.0 Å². The Kier molecular flexibility index (Phi) is 3.14. The number of H-pyrrole nitrogens is 1. The molecule has 0 aromatic carbocycles. The van der Waals surface area contributed by atoms with E-state index in [0.29, 0.717) is 10.9 Å². The van der Waals surface area contributed by atoms with Gasteiger partial charge in [0.25, 0.3) is 0 Å². The molecular formula is C14H14ClN3. The van der Waals surface area contributed by atoms with Gasteiger partial charge in [-0.15, -0.1) is 0 Å². The number of rotatable bonds is 1. The maximum Gasteiger partial charge on any atom is 0.144 e. The Hall–Kier alpha value is -1.79. The van der Waals surface area contributed by atoms with Gasteiger partial charge in [0.05, 0.1) is 5.70 Å². The highest BCUT2D eigenvalue weighted by atomic mass is 35.5. The average Bonchev–Trinajstić information content (AvgIpc) is 2.75. The second kappa shape index (κ2) is 4.47. The fourth-order valence-corrected chi connectivity index (χ4v) is 2.10. The molecule has 0 saturated carbocycles. The molecule has 18 heavy (non-hydrogen) atoms. The van der Waals surface area contributed by atoms with Crippen molar-refractivity contribution in [3.8, 4) is 6.07 Å². The summed E-state index contributed by atoms with van der Waals surface area (Å²) in [6, 6.07) is 2.11. The van der Waals surface area contributed by atoms with Crippen molar-refractivity contribution >= 4 is 23.4 Å². The normalized spacial score (nSPS) is 17.3. The number of aromatic amines is 1. The molecule has 0 atom stereocenters. The number of nitriles is 1. The van der Waals surface area contributed by atoms with Crippen LogP contribution in [0, 0.1) is 25.2 Å². The molecule has 1 aliphatic heterocycles. The summed E-state index contributed by atoms with van der Waals surface area (Å²) in [5, 5.41) is 9.62. The minimum absolute atomic E-state index is 0.491. The first-order chi connectivity index (χ1) is 8.45. The van der Waals surface area contributed by atoms with Gasteiger partial charge in [-0.3, -0.25) is 0 Å². The van der Waals surface area contributed by atoms with Crippen LogP contribution in [-0.4, -0.2) is 10.7 Å². The fourth-order valence-electron chi connectivity index (χ4n) is 1.86. The molecule has 0 unspecified atom stereocenters. The van der Waals surface area contributed by atoms with Crippen LogP contribution in [-0.2, 0) is 0 Å². The quantitative estimate of drug-likeness (QED) is 0.816. The van der Waals surface area contributed by atoms with Crippen LogP contribution in [0.5, 0.6) is 0 Å². The molecule has 92 valence electrons. The summed E-state index contributed by atoms with van der Waals surface area (Å²) in [6.45, 7) is 7.88. The highest BCUT2D eigenvalue weighted by molar-refractivity contribution is 6.30. The molecule has 1 aliphatic rings. The lowest BCUT2D eigenvalue weighted by molar-refractivity contribution is 1.29. The lowest BCUT2D eigenvalue weighted by atomic mass is 10.1. The predicted molar refractivity (Wildman–Crippen MR) is 74.7 cm³/mol. The summed E-state index contributed by atoms with van der Waals surface area (Å²) in [4.78, 5) is 7.45. The third kappa shape index (κ3) is 1.89. The minimum atomic E-state index is 0.491. The number of aromatic nitrogens is 1. The Balaban J connectivity index is 2.52. The number of hydrogen-bond acceptors (Lipinski definition) is 2. The van der Waals surface area contributed by atoms with Crippen LogP contribution in [0.2, 0.25) is 5.15 Å². The van der Waals surface area contributed by atoms with Gasteiger partial charge in [-0.05, 0) is 56.0 Å². The molecule has 1 N–H and O–H groups in total. The number of halogens is 1. The second-order valence-electron chi connectivity index (χ2n) is 4.45. The first-order valence-electron chi connectivity index (χ1n) is 5.69. The molecule has 0 aliphatic carbocycles. The zero-order valence-electron chi connectivity index (χ0n) is 10.8. The van der Waals surface area contributed by atoms with Gasteiger partial charge in [-0.2, -0.15) is 5.26 Å². The maximum atomic E-state index is 8.97. The van der Waals surface area contributed by atoms with Crippen molar-refractivity contribution in [1.82, 2.24) is 4.98 Å². The van der Waals surface area contributed by atoms with Crippen LogP contribution in [0.15, 0.2) is 21.8 Å². The van der Waals surface area contributed by atoms with Crippen molar-refractivity contribution in [2.45, 2.75) is 27.7 Å². The van der Waals surface area contributed by atoms with Crippen LogP contribution >= 0.6 is 11.6 Å². The van der Waals surface area contributed by atoms with E-state index in [1.165, 1.54) is 0 Å². The number of aliphatic imine (C=N–C) groups is 1. The smallest absolute Gasteiger partial charge is 0.144 e. The van der Waals surface area contributed by atoms with E-state index in [-0.39, 0.29) is 0 Å². The van der Waals surface area contributed by atoms with Crippen LogP contribution in [0.3, 0.4) is 0 Å². The lowest BCUT2D eigenvalue weighted by Gasteiger charge is -1.98. The summed E-state index contributed by atoms with van der Waals surface area (Å²) in [5.74, 6) is 0. The first kappa shape index (κ1) is 12.7. The van der Waals surface area contributed by atoms with Crippen LogP contribution in [0.25, 0.3) is 6.08 Å². The Morgan fingerprint density at radius 3 is 2.28 bits per heavy atom. The van der Waals surface area contributed by atoms with Crippen molar-refractivity contribution in [3.63, 3.8) is 0 Å². The van der Waals surface area contributed by atoms with E-state index in [4.69, 9.17) is 16.9 Å². The number of allylic oxidation sites excluding steroid dienone is 2. The molecule has 0 saturated heterocycles. The summed E-state index contributed by atoms with van der Waals surface area (Å²) >= 11 is 6.06. The van der Waals surface area contributed by atoms with Gasteiger partial charge in [-0.25, -0.2) is 4.99 Å². The Labute approximate surface area is 111 Å². The van der Waals surface area contributed by atoms with Gasteiger partial charge in [0.2, 0.25) is 0 Å². The number of hydrogen-bond donors (Lipinski definition) is 1. The zero-order valence-corrected chi connectivity index (χ0v) is 11.6. The molecule has 0 fully saturated rings. The van der Waals surface area contributed by atoms with E-state index in [1.807, 2.05) is 33.8 Å². The Bertz CT molecular complexity index is 651. The number of nitrogens with zero attached hydrogens (tertiary/aromatic N) is 2. The van der Waals surface area contributed by atoms with Crippen LogP contribution < -0.4 is 0 Å². The van der Waals surface area contributed by atoms with E-state index in [9.17, 15) is 0 Å². The van der Waals surface area contributed by atoms with Gasteiger partial charge in [-0.1, -0.05) is 11.6 Å². The van der Waals surface area contributed by atoms with Crippen LogP contribution in [0.4, 0.5) is 0 Å². The van der Waals surface area contributed by atoms with Crippen molar-refractivity contribution in [1.29, 1.82) is 5.26 Å². The first-order valence-corrected chi connectivity index (χ1v) is 6.07. The molecule has 1 aromatic heterocycles. The van der Waals surface area contributed by atoms with Crippen molar-refractivity contribution in [3.05, 3.63) is 38.8 Å². The molecule has 4 heteroatoms. The average molecular weight is 260 g/mol. The maximum absolute atomic E-state index is 8.97. The number of nitrogens with one attached hydrogen (secondary N) is 1. The van der Waals surface area contributed by atoms with Gasteiger partial charge in [0.15, 0.2) is 0 Å². The largest absolute Gasteiger partial charge is 0.346 e. The summed E-state index contributed by atoms with van der Waals surface area (Å²) in [6.07, 6.45) is 1.94. The van der Waals surface area contributed by atoms with Crippen molar-refractivity contribution in [2.75, 3.05) is 0 Å². The van der Waals surface area contributed by atoms with E-state index in [0.717, 1.165) is 33.7 Å². The molecule has 2 heterocycles. The predicted octanol–water partition coefficient (Wildman–Crippen LogP) is 3.94. The van der Waals surface area contributed by atoms with E-state index in [1.54, 1.807) is 0 Å². The molecule has 0 spiro atoms.